The number of aromatic nitrogens is 4. The molecule has 1 aromatic carbocycles. The smallest absolute Gasteiger partial charge is 0.337 e. The second kappa shape index (κ2) is 15.3. The highest BCUT2D eigenvalue weighted by atomic mass is 16.5. The van der Waals surface area contributed by atoms with E-state index in [1.54, 1.807) is 7.11 Å². The second-order valence-corrected chi connectivity index (χ2v) is 9.26. The predicted octanol–water partition coefficient (Wildman–Crippen LogP) is 4.85. The van der Waals surface area contributed by atoms with Gasteiger partial charge in [-0.05, 0) is 41.7 Å². The lowest BCUT2D eigenvalue weighted by Crippen LogP contribution is -2.17. The molecule has 0 atom stereocenters. The Kier molecular flexibility index (Phi) is 12.2. The average Bonchev–Trinajstić information content (AvgIpc) is 2.98. The summed E-state index contributed by atoms with van der Waals surface area (Å²) < 4.78 is 21.0. The number of carbonyl (C=O) groups is 2. The number of fused-ring (bicyclic) bond motifs is 2. The maximum absolute atomic E-state index is 11.8. The molecular formula is C32H36N4O9. The van der Waals surface area contributed by atoms with Gasteiger partial charge < -0.3 is 23.3 Å². The molecule has 0 amide bonds. The van der Waals surface area contributed by atoms with Gasteiger partial charge in [-0.15, -0.1) is 0 Å². The summed E-state index contributed by atoms with van der Waals surface area (Å²) in [7, 11) is 1.60. The molecule has 4 aromatic heterocycles. The van der Waals surface area contributed by atoms with Crippen LogP contribution in [0.5, 0.6) is 11.6 Å². The van der Waals surface area contributed by atoms with Gasteiger partial charge in [-0.2, -0.15) is 15.0 Å². The fourth-order valence-electron chi connectivity index (χ4n) is 4.12. The van der Waals surface area contributed by atoms with Crippen molar-refractivity contribution >= 4 is 33.8 Å². The highest BCUT2D eigenvalue weighted by Gasteiger charge is 2.18. The standard InChI is InChI=1S/C19H18N2O5.C11H10N2O4.2CH4/c1-4-13-9-15(23)26-19-16(13)18(20-17(21-19)11(2)22)25-10-12-5-7-14(24-3)8-6-12;1-3-6-4-7(15)17-11-8(6)10(16)12-9(13-11)5(2)14;;/h5-9H,4,10H2,1-3H3;4H,3H2,1-2H3,(H,12,13,16);2*1H4. The van der Waals surface area contributed by atoms with Crippen LogP contribution < -0.4 is 26.3 Å². The third kappa shape index (κ3) is 8.13. The van der Waals surface area contributed by atoms with E-state index in [1.807, 2.05) is 38.1 Å². The van der Waals surface area contributed by atoms with E-state index < -0.39 is 22.6 Å². The van der Waals surface area contributed by atoms with Gasteiger partial charge in [0, 0.05) is 26.0 Å². The molecule has 0 unspecified atom stereocenters. The molecule has 13 heteroatoms. The number of aryl methyl sites for hydroxylation is 2. The third-order valence-electron chi connectivity index (χ3n) is 6.29. The number of hydrogen-bond acceptors (Lipinski definition) is 12. The molecular weight excluding hydrogens is 584 g/mol. The molecule has 0 aliphatic rings. The number of nitrogens with zero attached hydrogens (tertiary/aromatic N) is 3. The lowest BCUT2D eigenvalue weighted by atomic mass is 10.1. The Hall–Kier alpha value is -5.46. The van der Waals surface area contributed by atoms with Crippen LogP contribution in [0.4, 0.5) is 0 Å². The van der Waals surface area contributed by atoms with E-state index in [-0.39, 0.29) is 61.6 Å². The monoisotopic (exact) mass is 620 g/mol. The number of carbonyl (C=O) groups excluding carboxylic acids is 2. The van der Waals surface area contributed by atoms with Crippen LogP contribution in [-0.2, 0) is 19.4 Å². The Morgan fingerprint density at radius 3 is 1.87 bits per heavy atom. The van der Waals surface area contributed by atoms with Crippen LogP contribution in [0.2, 0.25) is 0 Å². The van der Waals surface area contributed by atoms with Crippen LogP contribution in [-0.4, -0.2) is 38.6 Å². The zero-order valence-electron chi connectivity index (χ0n) is 24.1. The van der Waals surface area contributed by atoms with Crippen molar-refractivity contribution in [3.05, 3.63) is 95.9 Å². The van der Waals surface area contributed by atoms with Crippen molar-refractivity contribution in [3.8, 4) is 11.6 Å². The number of ketones is 2. The van der Waals surface area contributed by atoms with Crippen molar-refractivity contribution in [3.63, 3.8) is 0 Å². The average molecular weight is 621 g/mol. The number of rotatable bonds is 8. The maximum atomic E-state index is 11.8. The SMILES string of the molecule is C.C.CCc1cc(=O)oc2nc(C(C)=O)[nH]c(=O)c12.CCc1cc(=O)oc2nc(C(C)=O)nc(OCc3ccc(OC)cc3)c12. The molecule has 45 heavy (non-hydrogen) atoms. The zero-order chi connectivity index (χ0) is 31.3. The van der Waals surface area contributed by atoms with Gasteiger partial charge in [0.1, 0.15) is 23.1 Å². The first-order valence-electron chi connectivity index (χ1n) is 13.2. The van der Waals surface area contributed by atoms with Gasteiger partial charge >= 0.3 is 11.3 Å². The van der Waals surface area contributed by atoms with Crippen LogP contribution in [0.25, 0.3) is 22.2 Å². The number of Topliss-reactive ketones (excluding diaryl/α,β-unsaturated/α-hetero) is 2. The largest absolute Gasteiger partial charge is 0.497 e. The summed E-state index contributed by atoms with van der Waals surface area (Å²) in [6.07, 6.45) is 1.08. The van der Waals surface area contributed by atoms with Gasteiger partial charge in [-0.25, -0.2) is 9.59 Å². The summed E-state index contributed by atoms with van der Waals surface area (Å²) >= 11 is 0. The number of H-pyrrole nitrogens is 1. The molecule has 4 heterocycles. The van der Waals surface area contributed by atoms with Crippen molar-refractivity contribution in [1.29, 1.82) is 0 Å². The van der Waals surface area contributed by atoms with E-state index in [9.17, 15) is 24.0 Å². The summed E-state index contributed by atoms with van der Waals surface area (Å²) in [5.41, 5.74) is 0.544. The molecule has 0 spiro atoms. The van der Waals surface area contributed by atoms with E-state index in [2.05, 4.69) is 19.9 Å². The Balaban J connectivity index is 0.000000325. The number of ether oxygens (including phenoxy) is 2. The number of benzene rings is 1. The molecule has 0 bridgehead atoms. The molecule has 0 aliphatic heterocycles. The predicted molar refractivity (Wildman–Crippen MR) is 169 cm³/mol. The molecule has 13 nitrogen and oxygen atoms in total. The minimum Gasteiger partial charge on any atom is -0.497 e. The lowest BCUT2D eigenvalue weighted by molar-refractivity contribution is 0.0995. The lowest BCUT2D eigenvalue weighted by Gasteiger charge is -2.11. The van der Waals surface area contributed by atoms with Crippen LogP contribution in [0.3, 0.4) is 0 Å². The van der Waals surface area contributed by atoms with Crippen LogP contribution >= 0.6 is 0 Å². The van der Waals surface area contributed by atoms with Crippen molar-refractivity contribution in [2.45, 2.75) is 62.0 Å². The van der Waals surface area contributed by atoms with Gasteiger partial charge in [-0.1, -0.05) is 40.8 Å². The number of nitrogens with one attached hydrogen (secondary N) is 1. The fraction of sp³-hybridized carbons (Fsp3) is 0.312. The molecule has 0 saturated heterocycles. The Labute approximate surface area is 258 Å². The van der Waals surface area contributed by atoms with Gasteiger partial charge in [0.15, 0.2) is 17.4 Å². The van der Waals surface area contributed by atoms with Crippen molar-refractivity contribution in [2.75, 3.05) is 7.11 Å². The minimum atomic E-state index is -0.582. The van der Waals surface area contributed by atoms with Gasteiger partial charge in [-0.3, -0.25) is 14.4 Å². The van der Waals surface area contributed by atoms with Crippen molar-refractivity contribution < 1.29 is 27.9 Å². The van der Waals surface area contributed by atoms with E-state index in [1.165, 1.54) is 26.0 Å². The number of aromatic amines is 1. The number of methoxy groups -OCH3 is 1. The van der Waals surface area contributed by atoms with Gasteiger partial charge in [0.2, 0.25) is 23.1 Å². The van der Waals surface area contributed by atoms with E-state index >= 15 is 0 Å². The molecule has 0 radical (unpaired) electrons. The summed E-state index contributed by atoms with van der Waals surface area (Å²) in [5, 5.41) is 0.725. The third-order valence-corrected chi connectivity index (χ3v) is 6.29. The molecule has 5 aromatic rings. The Morgan fingerprint density at radius 2 is 1.36 bits per heavy atom. The van der Waals surface area contributed by atoms with Crippen LogP contribution in [0.1, 0.15) is 80.5 Å². The summed E-state index contributed by atoms with van der Waals surface area (Å²) in [6.45, 7) is 6.56. The second-order valence-electron chi connectivity index (χ2n) is 9.26. The van der Waals surface area contributed by atoms with E-state index in [0.29, 0.717) is 29.4 Å². The first kappa shape index (κ1) is 35.7. The van der Waals surface area contributed by atoms with Crippen molar-refractivity contribution in [2.24, 2.45) is 0 Å². The molecule has 0 saturated carbocycles. The zero-order valence-corrected chi connectivity index (χ0v) is 24.1. The Morgan fingerprint density at radius 1 is 0.800 bits per heavy atom. The molecule has 0 fully saturated rings. The van der Waals surface area contributed by atoms with E-state index in [4.69, 9.17) is 18.3 Å². The fourth-order valence-corrected chi connectivity index (χ4v) is 4.12. The topological polar surface area (TPSA) is 185 Å². The van der Waals surface area contributed by atoms with Crippen LogP contribution in [0.15, 0.2) is 59.6 Å². The van der Waals surface area contributed by atoms with E-state index in [0.717, 1.165) is 11.3 Å². The summed E-state index contributed by atoms with van der Waals surface area (Å²) in [5.74, 6) is 0.0589. The minimum absolute atomic E-state index is 0. The summed E-state index contributed by atoms with van der Waals surface area (Å²) in [4.78, 5) is 72.1. The normalized spacial score (nSPS) is 10.2. The molecule has 238 valence electrons. The number of hydrogen-bond donors (Lipinski definition) is 1. The first-order chi connectivity index (χ1) is 20.5. The van der Waals surface area contributed by atoms with Gasteiger partial charge in [0.05, 0.1) is 7.11 Å². The maximum Gasteiger partial charge on any atom is 0.337 e. The van der Waals surface area contributed by atoms with Crippen molar-refractivity contribution in [1.82, 2.24) is 19.9 Å². The molecule has 1 N–H and O–H groups in total. The highest BCUT2D eigenvalue weighted by molar-refractivity contribution is 5.93. The van der Waals surface area contributed by atoms with Gasteiger partial charge in [0.25, 0.3) is 5.56 Å². The van der Waals surface area contributed by atoms with Crippen LogP contribution in [0, 0.1) is 0 Å². The summed E-state index contributed by atoms with van der Waals surface area (Å²) in [6, 6.07) is 10.0. The quantitative estimate of drug-likeness (QED) is 0.233. The Bertz CT molecular complexity index is 2010. The first-order valence-corrected chi connectivity index (χ1v) is 13.2. The highest BCUT2D eigenvalue weighted by Crippen LogP contribution is 2.27. The molecule has 5 rings (SSSR count). The molecule has 0 aliphatic carbocycles.